The van der Waals surface area contributed by atoms with Gasteiger partial charge in [-0.1, -0.05) is 0 Å². The molecule has 2 rings (SSSR count). The van der Waals surface area contributed by atoms with E-state index in [9.17, 15) is 4.79 Å². The molecule has 4 nitrogen and oxygen atoms in total. The second kappa shape index (κ2) is 5.36. The molecule has 0 spiro atoms. The van der Waals surface area contributed by atoms with E-state index in [1.807, 2.05) is 20.9 Å². The summed E-state index contributed by atoms with van der Waals surface area (Å²) >= 11 is 0. The van der Waals surface area contributed by atoms with Crippen LogP contribution in [0.1, 0.15) is 33.1 Å². The van der Waals surface area contributed by atoms with Crippen LogP contribution in [0.2, 0.25) is 0 Å². The van der Waals surface area contributed by atoms with Crippen LogP contribution in [0.5, 0.6) is 0 Å². The number of amides is 1. The summed E-state index contributed by atoms with van der Waals surface area (Å²) in [6.07, 6.45) is 3.81. The molecule has 2 heterocycles. The highest BCUT2D eigenvalue weighted by molar-refractivity contribution is 5.81. The van der Waals surface area contributed by atoms with Gasteiger partial charge in [0.15, 0.2) is 0 Å². The number of likely N-dealkylation sites (N-methyl/N-ethyl adjacent to an activating group) is 1. The summed E-state index contributed by atoms with van der Waals surface area (Å²) < 4.78 is 0. The van der Waals surface area contributed by atoms with Crippen molar-refractivity contribution in [2.45, 2.75) is 51.2 Å². The van der Waals surface area contributed by atoms with Crippen molar-refractivity contribution in [1.29, 1.82) is 0 Å². The van der Waals surface area contributed by atoms with Crippen LogP contribution >= 0.6 is 0 Å². The second-order valence-corrected chi connectivity index (χ2v) is 5.38. The Morgan fingerprint density at radius 3 is 2.94 bits per heavy atom. The fraction of sp³-hybridized carbons (Fsp3) is 0.923. The highest BCUT2D eigenvalue weighted by atomic mass is 16.2. The summed E-state index contributed by atoms with van der Waals surface area (Å²) in [5, 5.41) is 3.53. The molecule has 98 valence electrons. The van der Waals surface area contributed by atoms with Crippen LogP contribution in [0.15, 0.2) is 0 Å². The molecule has 0 aromatic rings. The van der Waals surface area contributed by atoms with Crippen LogP contribution in [0.4, 0.5) is 0 Å². The van der Waals surface area contributed by atoms with Gasteiger partial charge in [-0.25, -0.2) is 0 Å². The first kappa shape index (κ1) is 12.8. The summed E-state index contributed by atoms with van der Waals surface area (Å²) in [5.41, 5.74) is 0. The maximum atomic E-state index is 12.0. The Balaban J connectivity index is 1.86. The van der Waals surface area contributed by atoms with Gasteiger partial charge in [0.2, 0.25) is 5.91 Å². The van der Waals surface area contributed by atoms with Crippen LogP contribution in [0, 0.1) is 0 Å². The molecule has 3 unspecified atom stereocenters. The van der Waals surface area contributed by atoms with Gasteiger partial charge in [-0.15, -0.1) is 0 Å². The fourth-order valence-corrected chi connectivity index (χ4v) is 3.16. The van der Waals surface area contributed by atoms with E-state index < -0.39 is 0 Å². The number of hydrogen-bond acceptors (Lipinski definition) is 3. The van der Waals surface area contributed by atoms with Crippen molar-refractivity contribution in [3.8, 4) is 0 Å². The highest BCUT2D eigenvalue weighted by Gasteiger charge is 2.38. The van der Waals surface area contributed by atoms with E-state index in [1.54, 1.807) is 4.90 Å². The van der Waals surface area contributed by atoms with Gasteiger partial charge in [0.25, 0.3) is 0 Å². The van der Waals surface area contributed by atoms with E-state index in [-0.39, 0.29) is 11.9 Å². The van der Waals surface area contributed by atoms with Gasteiger partial charge >= 0.3 is 0 Å². The Morgan fingerprint density at radius 1 is 1.47 bits per heavy atom. The molecule has 2 fully saturated rings. The van der Waals surface area contributed by atoms with Crippen LogP contribution in [-0.4, -0.2) is 60.5 Å². The molecule has 1 N–H and O–H groups in total. The Hall–Kier alpha value is -0.610. The average molecular weight is 239 g/mol. The van der Waals surface area contributed by atoms with Gasteiger partial charge in [0, 0.05) is 32.2 Å². The molecule has 4 heteroatoms. The molecule has 0 aliphatic carbocycles. The SMILES string of the molecule is CCN(C)C(=O)C(C)NC1CCN2CCCC12. The van der Waals surface area contributed by atoms with Gasteiger partial charge in [0.1, 0.15) is 0 Å². The standard InChI is InChI=1S/C13H25N3O/c1-4-15(3)13(17)10(2)14-11-7-9-16-8-5-6-12(11)16/h10-12,14H,4-9H2,1-3H3. The smallest absolute Gasteiger partial charge is 0.239 e. The number of carbonyl (C=O) groups is 1. The summed E-state index contributed by atoms with van der Waals surface area (Å²) in [6.45, 7) is 7.24. The predicted octanol–water partition coefficient (Wildman–Crippen LogP) is 0.680. The molecule has 2 aliphatic heterocycles. The Kier molecular flexibility index (Phi) is 4.05. The normalized spacial score (nSPS) is 30.3. The number of nitrogens with zero attached hydrogens (tertiary/aromatic N) is 2. The fourth-order valence-electron chi connectivity index (χ4n) is 3.16. The Labute approximate surface area is 104 Å². The zero-order valence-corrected chi connectivity index (χ0v) is 11.3. The van der Waals surface area contributed by atoms with Crippen LogP contribution < -0.4 is 5.32 Å². The molecule has 0 radical (unpaired) electrons. The van der Waals surface area contributed by atoms with E-state index in [1.165, 1.54) is 32.4 Å². The maximum absolute atomic E-state index is 12.0. The Bertz CT molecular complexity index is 282. The predicted molar refractivity (Wildman–Crippen MR) is 68.9 cm³/mol. The zero-order valence-electron chi connectivity index (χ0n) is 11.3. The maximum Gasteiger partial charge on any atom is 0.239 e. The number of carbonyl (C=O) groups excluding carboxylic acids is 1. The molecule has 2 aliphatic rings. The van der Waals surface area contributed by atoms with Gasteiger partial charge < -0.3 is 10.2 Å². The van der Waals surface area contributed by atoms with Crippen molar-refractivity contribution in [3.63, 3.8) is 0 Å². The molecule has 17 heavy (non-hydrogen) atoms. The zero-order chi connectivity index (χ0) is 12.4. The third kappa shape index (κ3) is 2.63. The average Bonchev–Trinajstić information content (AvgIpc) is 2.91. The van der Waals surface area contributed by atoms with Gasteiger partial charge in [0.05, 0.1) is 6.04 Å². The minimum atomic E-state index is -0.0505. The summed E-state index contributed by atoms with van der Waals surface area (Å²) in [4.78, 5) is 16.4. The quantitative estimate of drug-likeness (QED) is 0.783. The number of fused-ring (bicyclic) bond motifs is 1. The van der Waals surface area contributed by atoms with Crippen molar-refractivity contribution in [2.24, 2.45) is 0 Å². The van der Waals surface area contributed by atoms with E-state index in [2.05, 4.69) is 10.2 Å². The van der Waals surface area contributed by atoms with E-state index in [0.717, 1.165) is 6.54 Å². The van der Waals surface area contributed by atoms with Gasteiger partial charge in [-0.05, 0) is 39.7 Å². The first-order valence-electron chi connectivity index (χ1n) is 6.88. The lowest BCUT2D eigenvalue weighted by atomic mass is 10.1. The first-order valence-corrected chi connectivity index (χ1v) is 6.88. The molecule has 3 atom stereocenters. The van der Waals surface area contributed by atoms with Gasteiger partial charge in [-0.2, -0.15) is 0 Å². The van der Waals surface area contributed by atoms with Crippen LogP contribution in [0.25, 0.3) is 0 Å². The van der Waals surface area contributed by atoms with Crippen molar-refractivity contribution in [2.75, 3.05) is 26.7 Å². The molecule has 0 saturated carbocycles. The minimum absolute atomic E-state index is 0.0505. The molecule has 0 aromatic heterocycles. The largest absolute Gasteiger partial charge is 0.345 e. The molecule has 1 amide bonds. The molecular weight excluding hydrogens is 214 g/mol. The number of rotatable bonds is 4. The molecule has 0 bridgehead atoms. The van der Waals surface area contributed by atoms with Crippen LogP contribution in [-0.2, 0) is 4.79 Å². The van der Waals surface area contributed by atoms with Crippen molar-refractivity contribution < 1.29 is 4.79 Å². The topological polar surface area (TPSA) is 35.6 Å². The first-order chi connectivity index (χ1) is 8.13. The lowest BCUT2D eigenvalue weighted by Crippen LogP contribution is -2.50. The lowest BCUT2D eigenvalue weighted by Gasteiger charge is -2.27. The third-order valence-corrected chi connectivity index (χ3v) is 4.29. The summed E-state index contributed by atoms with van der Waals surface area (Å²) in [6, 6.07) is 1.14. The monoisotopic (exact) mass is 239 g/mol. The summed E-state index contributed by atoms with van der Waals surface area (Å²) in [5.74, 6) is 0.212. The number of hydrogen-bond donors (Lipinski definition) is 1. The van der Waals surface area contributed by atoms with Crippen molar-refractivity contribution in [3.05, 3.63) is 0 Å². The van der Waals surface area contributed by atoms with Crippen molar-refractivity contribution in [1.82, 2.24) is 15.1 Å². The lowest BCUT2D eigenvalue weighted by molar-refractivity contribution is -0.131. The van der Waals surface area contributed by atoms with Crippen LogP contribution in [0.3, 0.4) is 0 Å². The minimum Gasteiger partial charge on any atom is -0.345 e. The molecule has 2 saturated heterocycles. The van der Waals surface area contributed by atoms with E-state index in [4.69, 9.17) is 0 Å². The summed E-state index contributed by atoms with van der Waals surface area (Å²) in [7, 11) is 1.87. The van der Waals surface area contributed by atoms with Crippen molar-refractivity contribution >= 4 is 5.91 Å². The molecular formula is C13H25N3O. The van der Waals surface area contributed by atoms with E-state index >= 15 is 0 Å². The third-order valence-electron chi connectivity index (χ3n) is 4.29. The second-order valence-electron chi connectivity index (χ2n) is 5.38. The number of nitrogens with one attached hydrogen (secondary N) is 1. The van der Waals surface area contributed by atoms with Gasteiger partial charge in [-0.3, -0.25) is 9.69 Å². The Morgan fingerprint density at radius 2 is 2.24 bits per heavy atom. The van der Waals surface area contributed by atoms with E-state index in [0.29, 0.717) is 12.1 Å². The highest BCUT2D eigenvalue weighted by Crippen LogP contribution is 2.28. The molecule has 0 aromatic carbocycles.